The Hall–Kier alpha value is -1.89. The van der Waals surface area contributed by atoms with E-state index >= 15 is 0 Å². The van der Waals surface area contributed by atoms with Crippen LogP contribution in [0.3, 0.4) is 0 Å². The molecule has 0 aliphatic heterocycles. The van der Waals surface area contributed by atoms with Gasteiger partial charge in [0.15, 0.2) is 16.4 Å². The van der Waals surface area contributed by atoms with Crippen molar-refractivity contribution in [3.63, 3.8) is 0 Å². The van der Waals surface area contributed by atoms with E-state index in [0.717, 1.165) is 10.4 Å². The SMILES string of the molecule is Cc1cn2c(=O)c(O)c(C(=O)CCc3ccc(Cl)c(Cl)c3)nc2s1. The lowest BCUT2D eigenvalue weighted by atomic mass is 10.1. The molecule has 0 spiro atoms. The summed E-state index contributed by atoms with van der Waals surface area (Å²) in [6.45, 7) is 1.82. The summed E-state index contributed by atoms with van der Waals surface area (Å²) in [5.74, 6) is -1.02. The van der Waals surface area contributed by atoms with Crippen LogP contribution in [0.2, 0.25) is 10.0 Å². The van der Waals surface area contributed by atoms with Crippen molar-refractivity contribution in [3.05, 3.63) is 60.9 Å². The largest absolute Gasteiger partial charge is 0.501 e. The van der Waals surface area contributed by atoms with Crippen molar-refractivity contribution in [2.45, 2.75) is 19.8 Å². The van der Waals surface area contributed by atoms with Gasteiger partial charge in [-0.15, -0.1) is 11.3 Å². The Bertz CT molecular complexity index is 1010. The van der Waals surface area contributed by atoms with E-state index in [4.69, 9.17) is 23.2 Å². The highest BCUT2D eigenvalue weighted by molar-refractivity contribution is 7.16. The maximum atomic E-state index is 12.4. The molecular weight excluding hydrogens is 371 g/mol. The van der Waals surface area contributed by atoms with E-state index in [2.05, 4.69) is 4.98 Å². The number of hydrogen-bond acceptors (Lipinski definition) is 5. The first-order chi connectivity index (χ1) is 11.4. The van der Waals surface area contributed by atoms with E-state index in [1.165, 1.54) is 15.7 Å². The molecule has 0 aliphatic rings. The van der Waals surface area contributed by atoms with E-state index in [9.17, 15) is 14.7 Å². The van der Waals surface area contributed by atoms with Crippen molar-refractivity contribution in [1.29, 1.82) is 0 Å². The van der Waals surface area contributed by atoms with Crippen LogP contribution in [0, 0.1) is 6.92 Å². The van der Waals surface area contributed by atoms with Crippen LogP contribution in [0.5, 0.6) is 5.75 Å². The third kappa shape index (κ3) is 3.17. The summed E-state index contributed by atoms with van der Waals surface area (Å²) in [6.07, 6.45) is 2.08. The average molecular weight is 383 g/mol. The number of hydrogen-bond donors (Lipinski definition) is 1. The highest BCUT2D eigenvalue weighted by atomic mass is 35.5. The zero-order valence-electron chi connectivity index (χ0n) is 12.5. The summed E-state index contributed by atoms with van der Waals surface area (Å²) < 4.78 is 1.24. The fourth-order valence-electron chi connectivity index (χ4n) is 2.31. The van der Waals surface area contributed by atoms with Gasteiger partial charge in [0.05, 0.1) is 10.0 Å². The van der Waals surface area contributed by atoms with E-state index < -0.39 is 17.1 Å². The molecule has 0 amide bonds. The van der Waals surface area contributed by atoms with Crippen LogP contribution < -0.4 is 5.56 Å². The molecule has 2 aromatic heterocycles. The maximum Gasteiger partial charge on any atom is 0.301 e. The highest BCUT2D eigenvalue weighted by Gasteiger charge is 2.19. The Morgan fingerprint density at radius 2 is 2.08 bits per heavy atom. The van der Waals surface area contributed by atoms with Gasteiger partial charge in [0, 0.05) is 17.5 Å². The van der Waals surface area contributed by atoms with E-state index in [0.29, 0.717) is 21.4 Å². The second-order valence-corrected chi connectivity index (χ2v) is 7.31. The molecule has 5 nitrogen and oxygen atoms in total. The van der Waals surface area contributed by atoms with Gasteiger partial charge in [-0.25, -0.2) is 4.98 Å². The van der Waals surface area contributed by atoms with Crippen LogP contribution in [0.1, 0.15) is 27.3 Å². The number of ketones is 1. The number of carbonyl (C=O) groups is 1. The molecule has 124 valence electrons. The molecule has 0 saturated carbocycles. The van der Waals surface area contributed by atoms with Gasteiger partial charge < -0.3 is 5.11 Å². The van der Waals surface area contributed by atoms with Crippen molar-refractivity contribution < 1.29 is 9.90 Å². The number of aromatic hydroxyl groups is 1. The zero-order valence-corrected chi connectivity index (χ0v) is 14.9. The number of aromatic nitrogens is 2. The van der Waals surface area contributed by atoms with Gasteiger partial charge in [-0.2, -0.15) is 0 Å². The van der Waals surface area contributed by atoms with Crippen LogP contribution in [-0.2, 0) is 6.42 Å². The predicted molar refractivity (Wildman–Crippen MR) is 94.9 cm³/mol. The van der Waals surface area contributed by atoms with Crippen LogP contribution in [0.15, 0.2) is 29.2 Å². The number of fused-ring (bicyclic) bond motifs is 1. The standard InChI is InChI=1S/C16H12Cl2N2O3S/c1-8-7-20-15(23)14(22)13(19-16(20)24-8)12(21)5-3-9-2-4-10(17)11(18)6-9/h2,4,6-7,22H,3,5H2,1H3. The first-order valence-corrected chi connectivity index (χ1v) is 8.63. The third-order valence-electron chi connectivity index (χ3n) is 3.51. The van der Waals surface area contributed by atoms with Crippen LogP contribution in [0.4, 0.5) is 0 Å². The summed E-state index contributed by atoms with van der Waals surface area (Å²) in [5, 5.41) is 10.9. The third-order valence-corrected chi connectivity index (χ3v) is 5.15. The monoisotopic (exact) mass is 382 g/mol. The summed E-state index contributed by atoms with van der Waals surface area (Å²) in [4.78, 5) is 29.9. The number of benzene rings is 1. The number of carbonyl (C=O) groups excluding carboxylic acids is 1. The average Bonchev–Trinajstić information content (AvgIpc) is 2.92. The Balaban J connectivity index is 1.87. The van der Waals surface area contributed by atoms with Crippen LogP contribution in [0.25, 0.3) is 4.96 Å². The lowest BCUT2D eigenvalue weighted by molar-refractivity contribution is 0.0975. The Labute approximate surface area is 151 Å². The summed E-state index contributed by atoms with van der Waals surface area (Å²) in [7, 11) is 0. The van der Waals surface area contributed by atoms with Crippen molar-refractivity contribution >= 4 is 45.3 Å². The molecule has 24 heavy (non-hydrogen) atoms. The maximum absolute atomic E-state index is 12.4. The minimum Gasteiger partial charge on any atom is -0.501 e. The molecule has 0 unspecified atom stereocenters. The van der Waals surface area contributed by atoms with Crippen molar-refractivity contribution in [3.8, 4) is 5.75 Å². The van der Waals surface area contributed by atoms with Crippen molar-refractivity contribution in [2.24, 2.45) is 0 Å². The minimum atomic E-state index is -0.637. The van der Waals surface area contributed by atoms with Crippen molar-refractivity contribution in [2.75, 3.05) is 0 Å². The van der Waals surface area contributed by atoms with Crippen LogP contribution >= 0.6 is 34.5 Å². The number of nitrogens with zero attached hydrogens (tertiary/aromatic N) is 2. The zero-order chi connectivity index (χ0) is 17.4. The normalized spacial score (nSPS) is 11.1. The number of rotatable bonds is 4. The molecule has 3 aromatic rings. The second kappa shape index (κ2) is 6.55. The molecule has 2 heterocycles. The molecule has 0 atom stereocenters. The van der Waals surface area contributed by atoms with Gasteiger partial charge >= 0.3 is 5.56 Å². The first-order valence-electron chi connectivity index (χ1n) is 7.05. The first kappa shape index (κ1) is 17.0. The highest BCUT2D eigenvalue weighted by Crippen LogP contribution is 2.24. The molecule has 8 heteroatoms. The number of aryl methyl sites for hydroxylation is 2. The summed E-state index contributed by atoms with van der Waals surface area (Å²) >= 11 is 13.1. The van der Waals surface area contributed by atoms with E-state index in [1.54, 1.807) is 24.4 Å². The smallest absolute Gasteiger partial charge is 0.301 e. The van der Waals surface area contributed by atoms with Gasteiger partial charge in [-0.1, -0.05) is 29.3 Å². The molecule has 0 radical (unpaired) electrons. The van der Waals surface area contributed by atoms with Gasteiger partial charge in [-0.05, 0) is 31.0 Å². The molecule has 0 bridgehead atoms. The summed E-state index contributed by atoms with van der Waals surface area (Å²) in [6, 6.07) is 5.12. The summed E-state index contributed by atoms with van der Waals surface area (Å²) in [5.41, 5.74) is 0.00570. The Morgan fingerprint density at radius 1 is 1.33 bits per heavy atom. The topological polar surface area (TPSA) is 71.7 Å². The number of halogens is 2. The fraction of sp³-hybridized carbons (Fsp3) is 0.188. The molecule has 0 aliphatic carbocycles. The quantitative estimate of drug-likeness (QED) is 0.694. The van der Waals surface area contributed by atoms with E-state index in [1.807, 2.05) is 6.92 Å². The number of thiazole rings is 1. The minimum absolute atomic E-state index is 0.0957. The van der Waals surface area contributed by atoms with Gasteiger partial charge in [0.2, 0.25) is 5.75 Å². The molecule has 0 fully saturated rings. The Kier molecular flexibility index (Phi) is 4.62. The lowest BCUT2D eigenvalue weighted by Crippen LogP contribution is -2.17. The fourth-order valence-corrected chi connectivity index (χ4v) is 3.45. The van der Waals surface area contributed by atoms with Gasteiger partial charge in [0.25, 0.3) is 0 Å². The van der Waals surface area contributed by atoms with Gasteiger partial charge in [0.1, 0.15) is 0 Å². The predicted octanol–water partition coefficient (Wildman–Crippen LogP) is 3.89. The molecular formula is C16H12Cl2N2O3S. The lowest BCUT2D eigenvalue weighted by Gasteiger charge is -2.05. The van der Waals surface area contributed by atoms with Gasteiger partial charge in [-0.3, -0.25) is 14.0 Å². The number of Topliss-reactive ketones (excluding diaryl/α,β-unsaturated/α-hetero) is 1. The molecule has 3 rings (SSSR count). The second-order valence-electron chi connectivity index (χ2n) is 5.28. The molecule has 1 N–H and O–H groups in total. The Morgan fingerprint density at radius 3 is 2.79 bits per heavy atom. The molecule has 1 aromatic carbocycles. The van der Waals surface area contributed by atoms with Crippen molar-refractivity contribution in [1.82, 2.24) is 9.38 Å². The molecule has 0 saturated heterocycles. The van der Waals surface area contributed by atoms with Crippen LogP contribution in [-0.4, -0.2) is 20.3 Å². The van der Waals surface area contributed by atoms with E-state index in [-0.39, 0.29) is 12.1 Å².